The van der Waals surface area contributed by atoms with Gasteiger partial charge < -0.3 is 14.5 Å². The van der Waals surface area contributed by atoms with E-state index >= 15 is 0 Å². The number of ether oxygens (including phenoxy) is 1. The number of carbonyl (C=O) groups is 2. The molecule has 2 aliphatic heterocycles. The molecule has 7 heteroatoms. The Hall–Kier alpha value is -2.77. The number of imide groups is 1. The Balaban J connectivity index is 1.38. The fourth-order valence-corrected chi connectivity index (χ4v) is 5.02. The highest BCUT2D eigenvalue weighted by Crippen LogP contribution is 2.37. The van der Waals surface area contributed by atoms with Gasteiger partial charge in [0.1, 0.15) is 5.54 Å². The van der Waals surface area contributed by atoms with Gasteiger partial charge in [0.15, 0.2) is 0 Å². The Bertz CT molecular complexity index is 914. The summed E-state index contributed by atoms with van der Waals surface area (Å²) in [7, 11) is 1.63. The maximum atomic E-state index is 13.6. The van der Waals surface area contributed by atoms with Crippen molar-refractivity contribution in [3.8, 4) is 0 Å². The van der Waals surface area contributed by atoms with Gasteiger partial charge in [-0.3, -0.25) is 14.7 Å². The van der Waals surface area contributed by atoms with Crippen molar-refractivity contribution in [3.05, 3.63) is 66.0 Å². The number of urea groups is 1. The zero-order chi connectivity index (χ0) is 23.1. The van der Waals surface area contributed by atoms with E-state index in [1.165, 1.54) is 10.5 Å². The van der Waals surface area contributed by atoms with Crippen molar-refractivity contribution in [2.45, 2.75) is 37.6 Å². The minimum absolute atomic E-state index is 0.0301. The summed E-state index contributed by atoms with van der Waals surface area (Å²) in [6, 6.07) is 14.3. The molecule has 1 aromatic heterocycles. The number of piperidine rings is 1. The Labute approximate surface area is 196 Å². The van der Waals surface area contributed by atoms with Gasteiger partial charge in [-0.2, -0.15) is 0 Å². The molecule has 7 nitrogen and oxygen atoms in total. The van der Waals surface area contributed by atoms with Crippen LogP contribution in [0.3, 0.4) is 0 Å². The van der Waals surface area contributed by atoms with Gasteiger partial charge in [0.05, 0.1) is 6.61 Å². The topological polar surface area (TPSA) is 66.0 Å². The summed E-state index contributed by atoms with van der Waals surface area (Å²) in [5.74, 6) is -0.0301. The van der Waals surface area contributed by atoms with Crippen LogP contribution in [-0.2, 0) is 22.4 Å². The summed E-state index contributed by atoms with van der Waals surface area (Å²) in [4.78, 5) is 36.7. The molecule has 0 unspecified atom stereocenters. The molecule has 2 fully saturated rings. The molecule has 2 aromatic rings. The number of nitrogens with zero attached hydrogens (tertiary/aromatic N) is 4. The summed E-state index contributed by atoms with van der Waals surface area (Å²) >= 11 is 0. The molecule has 3 amide bonds. The van der Waals surface area contributed by atoms with Crippen LogP contribution in [0, 0.1) is 0 Å². The van der Waals surface area contributed by atoms with E-state index in [9.17, 15) is 9.59 Å². The first-order valence-corrected chi connectivity index (χ1v) is 11.9. The zero-order valence-corrected chi connectivity index (χ0v) is 19.5. The smallest absolute Gasteiger partial charge is 0.327 e. The number of methoxy groups -OCH3 is 1. The van der Waals surface area contributed by atoms with Crippen LogP contribution in [0.2, 0.25) is 0 Å². The minimum atomic E-state index is -0.729. The zero-order valence-electron chi connectivity index (χ0n) is 19.5. The highest BCUT2D eigenvalue weighted by atomic mass is 16.5. The van der Waals surface area contributed by atoms with E-state index in [1.54, 1.807) is 18.2 Å². The van der Waals surface area contributed by atoms with Crippen molar-refractivity contribution in [1.82, 2.24) is 19.7 Å². The highest BCUT2D eigenvalue weighted by molar-refractivity contribution is 6.07. The number of hydrogen-bond acceptors (Lipinski definition) is 5. The predicted molar refractivity (Wildman–Crippen MR) is 127 cm³/mol. The normalized spacial score (nSPS) is 18.5. The number of aryl methyl sites for hydroxylation is 1. The van der Waals surface area contributed by atoms with E-state index in [0.29, 0.717) is 32.5 Å². The average molecular weight is 451 g/mol. The van der Waals surface area contributed by atoms with Crippen molar-refractivity contribution >= 4 is 11.9 Å². The molecule has 2 saturated heterocycles. The number of likely N-dealkylation sites (tertiary alicyclic amines) is 1. The van der Waals surface area contributed by atoms with Gasteiger partial charge >= 0.3 is 6.03 Å². The fourth-order valence-electron chi connectivity index (χ4n) is 5.02. The van der Waals surface area contributed by atoms with E-state index in [1.807, 2.05) is 24.4 Å². The Morgan fingerprint density at radius 3 is 2.39 bits per heavy atom. The highest BCUT2D eigenvalue weighted by Gasteiger charge is 2.57. The molecule has 1 spiro atoms. The Morgan fingerprint density at radius 2 is 1.70 bits per heavy atom. The number of hydrogen-bond donors (Lipinski definition) is 0. The minimum Gasteiger partial charge on any atom is -0.383 e. The summed E-state index contributed by atoms with van der Waals surface area (Å²) in [6.45, 7) is 3.93. The molecule has 4 rings (SSSR count). The fraction of sp³-hybridized carbons (Fsp3) is 0.500. The van der Waals surface area contributed by atoms with Crippen LogP contribution >= 0.6 is 0 Å². The van der Waals surface area contributed by atoms with Crippen molar-refractivity contribution in [1.29, 1.82) is 0 Å². The second kappa shape index (κ2) is 10.9. The van der Waals surface area contributed by atoms with Crippen molar-refractivity contribution < 1.29 is 14.3 Å². The molecule has 176 valence electrons. The van der Waals surface area contributed by atoms with E-state index in [0.717, 1.165) is 44.5 Å². The van der Waals surface area contributed by atoms with Crippen LogP contribution in [-0.4, -0.2) is 83.6 Å². The molecule has 0 aliphatic carbocycles. The lowest BCUT2D eigenvalue weighted by atomic mass is 9.85. The van der Waals surface area contributed by atoms with Gasteiger partial charge in [0.25, 0.3) is 5.91 Å². The summed E-state index contributed by atoms with van der Waals surface area (Å²) in [6.07, 6.45) is 7.47. The SMILES string of the molecule is COCCN1C(=O)N(CCCc2cccnc2)C(=O)C12CCN(CCc1ccccc1)CC2. The van der Waals surface area contributed by atoms with E-state index in [-0.39, 0.29) is 11.9 Å². The second-order valence-corrected chi connectivity index (χ2v) is 8.96. The van der Waals surface area contributed by atoms with Crippen LogP contribution in [0.25, 0.3) is 0 Å². The summed E-state index contributed by atoms with van der Waals surface area (Å²) < 4.78 is 5.26. The molecule has 0 radical (unpaired) electrons. The molecule has 2 aliphatic rings. The summed E-state index contributed by atoms with van der Waals surface area (Å²) in [5, 5.41) is 0. The lowest BCUT2D eigenvalue weighted by Crippen LogP contribution is -2.57. The van der Waals surface area contributed by atoms with Crippen LogP contribution in [0.5, 0.6) is 0 Å². The van der Waals surface area contributed by atoms with Crippen LogP contribution in [0.4, 0.5) is 4.79 Å². The lowest BCUT2D eigenvalue weighted by Gasteiger charge is -2.42. The third-order valence-electron chi connectivity index (χ3n) is 6.95. The molecular formula is C26H34N4O3. The third kappa shape index (κ3) is 5.25. The van der Waals surface area contributed by atoms with Crippen molar-refractivity contribution in [2.24, 2.45) is 0 Å². The maximum absolute atomic E-state index is 13.6. The van der Waals surface area contributed by atoms with Crippen LogP contribution in [0.15, 0.2) is 54.9 Å². The second-order valence-electron chi connectivity index (χ2n) is 8.96. The molecule has 1 aromatic carbocycles. The molecule has 0 saturated carbocycles. The third-order valence-corrected chi connectivity index (χ3v) is 6.95. The monoisotopic (exact) mass is 450 g/mol. The number of pyridine rings is 1. The van der Waals surface area contributed by atoms with E-state index in [4.69, 9.17) is 4.74 Å². The average Bonchev–Trinajstić information content (AvgIpc) is 3.04. The lowest BCUT2D eigenvalue weighted by molar-refractivity contribution is -0.135. The Morgan fingerprint density at radius 1 is 0.939 bits per heavy atom. The number of rotatable bonds is 10. The first-order chi connectivity index (χ1) is 16.1. The predicted octanol–water partition coefficient (Wildman–Crippen LogP) is 3.00. The Kier molecular flexibility index (Phi) is 7.73. The number of carbonyl (C=O) groups excluding carboxylic acids is 2. The maximum Gasteiger partial charge on any atom is 0.327 e. The molecule has 3 heterocycles. The quantitative estimate of drug-likeness (QED) is 0.521. The molecule has 0 N–H and O–H groups in total. The van der Waals surface area contributed by atoms with Crippen molar-refractivity contribution in [2.75, 3.05) is 46.4 Å². The molecular weight excluding hydrogens is 416 g/mol. The first kappa shape index (κ1) is 23.4. The molecule has 0 atom stereocenters. The standard InChI is InChI=1S/C26H34N4O3/c1-33-20-19-30-25(32)29(15-6-10-23-9-5-14-27-21-23)24(31)26(30)12-17-28(18-13-26)16-11-22-7-3-2-4-8-22/h2-5,7-9,14,21H,6,10-13,15-20H2,1H3. The van der Waals surface area contributed by atoms with Crippen LogP contribution in [0.1, 0.15) is 30.4 Å². The van der Waals surface area contributed by atoms with E-state index < -0.39 is 5.54 Å². The van der Waals surface area contributed by atoms with Gasteiger partial charge in [-0.15, -0.1) is 0 Å². The summed E-state index contributed by atoms with van der Waals surface area (Å²) in [5.41, 5.74) is 1.72. The van der Waals surface area contributed by atoms with Gasteiger partial charge in [0.2, 0.25) is 0 Å². The van der Waals surface area contributed by atoms with Gasteiger partial charge in [-0.25, -0.2) is 4.79 Å². The first-order valence-electron chi connectivity index (χ1n) is 11.9. The van der Waals surface area contributed by atoms with Crippen molar-refractivity contribution in [3.63, 3.8) is 0 Å². The molecule has 0 bridgehead atoms. The van der Waals surface area contributed by atoms with Gasteiger partial charge in [-0.05, 0) is 49.3 Å². The molecule has 33 heavy (non-hydrogen) atoms. The number of aromatic nitrogens is 1. The van der Waals surface area contributed by atoms with Gasteiger partial charge in [-0.1, -0.05) is 36.4 Å². The number of amides is 3. The largest absolute Gasteiger partial charge is 0.383 e. The van der Waals surface area contributed by atoms with Gasteiger partial charge in [0, 0.05) is 52.2 Å². The van der Waals surface area contributed by atoms with E-state index in [2.05, 4.69) is 34.1 Å². The van der Waals surface area contributed by atoms with Crippen LogP contribution < -0.4 is 0 Å². The number of benzene rings is 1.